The fraction of sp³-hybridized carbons (Fsp3) is 1.00. The van der Waals surface area contributed by atoms with E-state index in [1.165, 1.54) is 0 Å². The van der Waals surface area contributed by atoms with Crippen LogP contribution in [0.3, 0.4) is 0 Å². The van der Waals surface area contributed by atoms with Crippen LogP contribution in [0.1, 0.15) is 60.8 Å². The van der Waals surface area contributed by atoms with E-state index in [4.69, 9.17) is 17.2 Å². The molecule has 0 aromatic heterocycles. The third-order valence-electron chi connectivity index (χ3n) is 5.71. The molecule has 0 atom stereocenters. The highest BCUT2D eigenvalue weighted by Gasteiger charge is 2.44. The van der Waals surface area contributed by atoms with E-state index in [1.54, 1.807) is 0 Å². The summed E-state index contributed by atoms with van der Waals surface area (Å²) in [6.07, 6.45) is 3.45. The van der Waals surface area contributed by atoms with E-state index in [2.05, 4.69) is 57.5 Å². The maximum absolute atomic E-state index is 5.85. The van der Waals surface area contributed by atoms with Crippen LogP contribution in [0.15, 0.2) is 0 Å². The second-order valence-corrected chi connectivity index (χ2v) is 9.38. The van der Waals surface area contributed by atoms with Gasteiger partial charge in [0, 0.05) is 0 Å². The molecule has 1 rings (SSSR count). The number of hydrogen-bond donors (Lipinski definition) is 6. The summed E-state index contributed by atoms with van der Waals surface area (Å²) in [7, 11) is 0. The molecule has 0 amide bonds. The van der Waals surface area contributed by atoms with Crippen molar-refractivity contribution in [3.8, 4) is 0 Å². The first-order valence-corrected chi connectivity index (χ1v) is 9.38. The standard InChI is InChI=1S/C18H42N6/c1-16(2,7-10-19)13-22-14(17(3,4)8-11-20)24-15(23-13)18(5,6)9-12-21/h13-15,22-24H,7-12,19-21H2,1-6H3. The lowest BCUT2D eigenvalue weighted by molar-refractivity contribution is 0.00846. The Hall–Kier alpha value is -0.240. The van der Waals surface area contributed by atoms with Crippen molar-refractivity contribution in [3.63, 3.8) is 0 Å². The highest BCUT2D eigenvalue weighted by Crippen LogP contribution is 2.34. The van der Waals surface area contributed by atoms with Crippen LogP contribution in [0.2, 0.25) is 0 Å². The van der Waals surface area contributed by atoms with Crippen molar-refractivity contribution in [2.45, 2.75) is 79.3 Å². The summed E-state index contributed by atoms with van der Waals surface area (Å²) in [4.78, 5) is 0. The lowest BCUT2D eigenvalue weighted by atomic mass is 9.77. The normalized spacial score (nSPS) is 26.6. The van der Waals surface area contributed by atoms with Gasteiger partial charge in [-0.3, -0.25) is 16.0 Å². The number of rotatable bonds is 9. The average Bonchev–Trinajstić information content (AvgIpc) is 2.46. The maximum atomic E-state index is 5.85. The van der Waals surface area contributed by atoms with Crippen molar-refractivity contribution < 1.29 is 0 Å². The Labute approximate surface area is 149 Å². The van der Waals surface area contributed by atoms with E-state index in [9.17, 15) is 0 Å². The van der Waals surface area contributed by atoms with Crippen LogP contribution in [0.5, 0.6) is 0 Å². The summed E-state index contributed by atoms with van der Waals surface area (Å²) in [6.45, 7) is 15.7. The minimum Gasteiger partial charge on any atom is -0.330 e. The fourth-order valence-corrected chi connectivity index (χ4v) is 3.55. The van der Waals surface area contributed by atoms with Crippen LogP contribution in [-0.2, 0) is 0 Å². The van der Waals surface area contributed by atoms with Gasteiger partial charge in [-0.25, -0.2) is 0 Å². The van der Waals surface area contributed by atoms with Gasteiger partial charge in [0.25, 0.3) is 0 Å². The molecule has 1 aliphatic rings. The first-order valence-electron chi connectivity index (χ1n) is 9.38. The Balaban J connectivity index is 3.07. The molecule has 6 heteroatoms. The fourth-order valence-electron chi connectivity index (χ4n) is 3.55. The van der Waals surface area contributed by atoms with Crippen LogP contribution in [-0.4, -0.2) is 38.1 Å². The second kappa shape index (κ2) is 8.43. The summed E-state index contributed by atoms with van der Waals surface area (Å²) in [5, 5.41) is 11.3. The highest BCUT2D eigenvalue weighted by atomic mass is 15.4. The molecule has 0 aromatic rings. The molecular weight excluding hydrogens is 300 g/mol. The zero-order chi connectivity index (χ0) is 18.6. The number of nitrogens with two attached hydrogens (primary N) is 3. The van der Waals surface area contributed by atoms with Gasteiger partial charge in [-0.05, 0) is 55.1 Å². The molecule has 144 valence electrons. The SMILES string of the molecule is CC(C)(CCN)C1NC(C(C)(C)CCN)NC(C(C)(C)CCN)N1. The number of nitrogens with one attached hydrogen (secondary N) is 3. The third kappa shape index (κ3) is 5.38. The Bertz CT molecular complexity index is 317. The zero-order valence-corrected chi connectivity index (χ0v) is 16.7. The van der Waals surface area contributed by atoms with Crippen LogP contribution in [0, 0.1) is 16.2 Å². The van der Waals surface area contributed by atoms with E-state index in [0.717, 1.165) is 19.3 Å². The Morgan fingerprint density at radius 3 is 0.917 bits per heavy atom. The molecule has 24 heavy (non-hydrogen) atoms. The van der Waals surface area contributed by atoms with E-state index in [-0.39, 0.29) is 34.7 Å². The van der Waals surface area contributed by atoms with Gasteiger partial charge in [0.15, 0.2) is 0 Å². The first-order chi connectivity index (χ1) is 11.0. The van der Waals surface area contributed by atoms with Gasteiger partial charge in [-0.2, -0.15) is 0 Å². The molecule has 6 nitrogen and oxygen atoms in total. The Kier molecular flexibility index (Phi) is 7.66. The molecule has 0 radical (unpaired) electrons. The summed E-state index contributed by atoms with van der Waals surface area (Å²) in [5.74, 6) is 0. The Morgan fingerprint density at radius 2 is 0.750 bits per heavy atom. The summed E-state index contributed by atoms with van der Waals surface area (Å²) in [5.41, 5.74) is 17.7. The lowest BCUT2D eigenvalue weighted by Crippen LogP contribution is -2.76. The second-order valence-electron chi connectivity index (χ2n) is 9.38. The van der Waals surface area contributed by atoms with Gasteiger partial charge in [-0.15, -0.1) is 0 Å². The third-order valence-corrected chi connectivity index (χ3v) is 5.71. The molecule has 1 fully saturated rings. The van der Waals surface area contributed by atoms with Gasteiger partial charge in [0.1, 0.15) is 0 Å². The van der Waals surface area contributed by atoms with E-state index in [1.807, 2.05) is 0 Å². The monoisotopic (exact) mass is 342 g/mol. The van der Waals surface area contributed by atoms with Gasteiger partial charge >= 0.3 is 0 Å². The van der Waals surface area contributed by atoms with Gasteiger partial charge in [-0.1, -0.05) is 41.5 Å². The molecule has 0 spiro atoms. The first kappa shape index (κ1) is 21.8. The summed E-state index contributed by atoms with van der Waals surface area (Å²) < 4.78 is 0. The average molecular weight is 343 g/mol. The van der Waals surface area contributed by atoms with Crippen molar-refractivity contribution in [2.75, 3.05) is 19.6 Å². The highest BCUT2D eigenvalue weighted by molar-refractivity contribution is 4.99. The van der Waals surface area contributed by atoms with Crippen molar-refractivity contribution in [2.24, 2.45) is 33.4 Å². The Morgan fingerprint density at radius 1 is 0.542 bits per heavy atom. The molecular formula is C18H42N6. The maximum Gasteiger partial charge on any atom is 0.0649 e. The smallest absolute Gasteiger partial charge is 0.0649 e. The van der Waals surface area contributed by atoms with Crippen molar-refractivity contribution in [1.29, 1.82) is 0 Å². The van der Waals surface area contributed by atoms with Crippen LogP contribution in [0.25, 0.3) is 0 Å². The molecule has 1 heterocycles. The molecule has 0 unspecified atom stereocenters. The van der Waals surface area contributed by atoms with Crippen molar-refractivity contribution >= 4 is 0 Å². The number of hydrogen-bond acceptors (Lipinski definition) is 6. The predicted octanol–water partition coefficient (Wildman–Crippen LogP) is 0.872. The van der Waals surface area contributed by atoms with Crippen molar-refractivity contribution in [3.05, 3.63) is 0 Å². The molecule has 0 aliphatic carbocycles. The van der Waals surface area contributed by atoms with E-state index >= 15 is 0 Å². The molecule has 1 saturated heterocycles. The summed E-state index contributed by atoms with van der Waals surface area (Å²) in [6, 6.07) is 0. The minimum atomic E-state index is 0.0605. The van der Waals surface area contributed by atoms with Gasteiger partial charge in [0.05, 0.1) is 18.5 Å². The minimum absolute atomic E-state index is 0.0605. The zero-order valence-electron chi connectivity index (χ0n) is 16.7. The van der Waals surface area contributed by atoms with Crippen LogP contribution in [0.4, 0.5) is 0 Å². The quantitative estimate of drug-likeness (QED) is 0.371. The van der Waals surface area contributed by atoms with Gasteiger partial charge in [0.2, 0.25) is 0 Å². The molecule has 1 aliphatic heterocycles. The van der Waals surface area contributed by atoms with Crippen molar-refractivity contribution in [1.82, 2.24) is 16.0 Å². The summed E-state index contributed by atoms with van der Waals surface area (Å²) >= 11 is 0. The lowest BCUT2D eigenvalue weighted by Gasteiger charge is -2.53. The molecule has 9 N–H and O–H groups in total. The molecule has 0 saturated carbocycles. The van der Waals surface area contributed by atoms with E-state index in [0.29, 0.717) is 19.6 Å². The van der Waals surface area contributed by atoms with Gasteiger partial charge < -0.3 is 17.2 Å². The largest absolute Gasteiger partial charge is 0.330 e. The van der Waals surface area contributed by atoms with Crippen LogP contribution >= 0.6 is 0 Å². The topological polar surface area (TPSA) is 114 Å². The van der Waals surface area contributed by atoms with Crippen LogP contribution < -0.4 is 33.2 Å². The molecule has 0 aromatic carbocycles. The molecule has 0 bridgehead atoms. The van der Waals surface area contributed by atoms with E-state index < -0.39 is 0 Å². The predicted molar refractivity (Wildman–Crippen MR) is 103 cm³/mol.